The Labute approximate surface area is 131 Å². The summed E-state index contributed by atoms with van der Waals surface area (Å²) in [6.45, 7) is 8.64. The summed E-state index contributed by atoms with van der Waals surface area (Å²) in [7, 11) is 0. The van der Waals surface area contributed by atoms with E-state index in [1.54, 1.807) is 0 Å². The van der Waals surface area contributed by atoms with Gasteiger partial charge in [0.15, 0.2) is 5.65 Å². The van der Waals surface area contributed by atoms with Crippen molar-refractivity contribution in [1.82, 2.24) is 19.4 Å². The fourth-order valence-corrected chi connectivity index (χ4v) is 2.94. The lowest BCUT2D eigenvalue weighted by atomic mass is 10.4. The van der Waals surface area contributed by atoms with Gasteiger partial charge in [-0.25, -0.2) is 9.97 Å². The van der Waals surface area contributed by atoms with E-state index in [4.69, 9.17) is 4.74 Å². The maximum absolute atomic E-state index is 5.48. The summed E-state index contributed by atoms with van der Waals surface area (Å²) < 4.78 is 7.60. The Hall–Kier alpha value is -1.66. The average Bonchev–Trinajstić information content (AvgIpc) is 3.16. The molecule has 0 bridgehead atoms. The summed E-state index contributed by atoms with van der Waals surface area (Å²) >= 11 is 0. The number of ether oxygens (including phenoxy) is 1. The Balaban J connectivity index is 1.67. The van der Waals surface area contributed by atoms with Crippen molar-refractivity contribution < 1.29 is 4.74 Å². The van der Waals surface area contributed by atoms with Crippen LogP contribution in [0, 0.1) is 0 Å². The summed E-state index contributed by atoms with van der Waals surface area (Å²) in [5.74, 6) is 0.896. The second-order valence-electron chi connectivity index (χ2n) is 5.61. The van der Waals surface area contributed by atoms with Crippen molar-refractivity contribution in [2.24, 2.45) is 0 Å². The predicted molar refractivity (Wildman–Crippen MR) is 88.2 cm³/mol. The molecule has 1 aliphatic rings. The topological polar surface area (TPSA) is 55.2 Å². The first kappa shape index (κ1) is 15.2. The molecule has 3 heterocycles. The third-order valence-electron chi connectivity index (χ3n) is 4.08. The monoisotopic (exact) mass is 303 g/mol. The summed E-state index contributed by atoms with van der Waals surface area (Å²) in [6.07, 6.45) is 4.47. The van der Waals surface area contributed by atoms with Crippen LogP contribution in [0.2, 0.25) is 0 Å². The van der Waals surface area contributed by atoms with E-state index in [2.05, 4.69) is 24.8 Å². The van der Waals surface area contributed by atoms with E-state index in [0.717, 1.165) is 43.4 Å². The molecule has 1 fully saturated rings. The van der Waals surface area contributed by atoms with E-state index in [1.165, 1.54) is 25.9 Å². The van der Waals surface area contributed by atoms with Crippen LogP contribution in [0.3, 0.4) is 0 Å². The summed E-state index contributed by atoms with van der Waals surface area (Å²) in [4.78, 5) is 11.6. The first-order chi connectivity index (χ1) is 10.9. The van der Waals surface area contributed by atoms with Crippen molar-refractivity contribution in [1.29, 1.82) is 0 Å². The fourth-order valence-electron chi connectivity index (χ4n) is 2.94. The lowest BCUT2D eigenvalue weighted by Gasteiger charge is -2.15. The van der Waals surface area contributed by atoms with Crippen LogP contribution in [0.5, 0.6) is 0 Å². The number of likely N-dealkylation sites (tertiary alicyclic amines) is 1. The zero-order valence-electron chi connectivity index (χ0n) is 13.3. The predicted octanol–water partition coefficient (Wildman–Crippen LogP) is 1.98. The molecule has 1 N–H and O–H groups in total. The summed E-state index contributed by atoms with van der Waals surface area (Å²) in [5.41, 5.74) is 1.86. The molecule has 0 atom stereocenters. The molecule has 6 nitrogen and oxygen atoms in total. The van der Waals surface area contributed by atoms with Gasteiger partial charge in [-0.1, -0.05) is 0 Å². The second kappa shape index (κ2) is 7.56. The minimum Gasteiger partial charge on any atom is -0.380 e. The van der Waals surface area contributed by atoms with Crippen molar-refractivity contribution in [2.75, 3.05) is 44.7 Å². The van der Waals surface area contributed by atoms with Gasteiger partial charge in [0.1, 0.15) is 5.52 Å². The highest BCUT2D eigenvalue weighted by atomic mass is 16.5. The zero-order valence-corrected chi connectivity index (χ0v) is 13.3. The van der Waals surface area contributed by atoms with Crippen LogP contribution in [0.4, 0.5) is 5.95 Å². The molecule has 1 aliphatic heterocycles. The third kappa shape index (κ3) is 3.56. The molecule has 120 valence electrons. The number of rotatable bonds is 8. The normalized spacial score (nSPS) is 15.7. The maximum Gasteiger partial charge on any atom is 0.205 e. The van der Waals surface area contributed by atoms with Gasteiger partial charge >= 0.3 is 0 Å². The third-order valence-corrected chi connectivity index (χ3v) is 4.08. The molecule has 1 saturated heterocycles. The number of anilines is 1. The number of fused-ring (bicyclic) bond motifs is 1. The van der Waals surface area contributed by atoms with Crippen LogP contribution in [0.1, 0.15) is 19.8 Å². The summed E-state index contributed by atoms with van der Waals surface area (Å²) in [5, 5.41) is 3.47. The molecule has 0 unspecified atom stereocenters. The Morgan fingerprint density at radius 3 is 2.95 bits per heavy atom. The Morgan fingerprint density at radius 1 is 1.27 bits per heavy atom. The van der Waals surface area contributed by atoms with Gasteiger partial charge in [-0.2, -0.15) is 0 Å². The lowest BCUT2D eigenvalue weighted by Crippen LogP contribution is -2.26. The Bertz CT molecular complexity index is 591. The second-order valence-corrected chi connectivity index (χ2v) is 5.61. The highest BCUT2D eigenvalue weighted by Crippen LogP contribution is 2.17. The van der Waals surface area contributed by atoms with Crippen LogP contribution in [0.25, 0.3) is 11.2 Å². The first-order valence-corrected chi connectivity index (χ1v) is 8.23. The van der Waals surface area contributed by atoms with Crippen molar-refractivity contribution >= 4 is 17.1 Å². The van der Waals surface area contributed by atoms with Crippen LogP contribution < -0.4 is 5.32 Å². The van der Waals surface area contributed by atoms with Crippen molar-refractivity contribution in [3.63, 3.8) is 0 Å². The number of hydrogen-bond donors (Lipinski definition) is 1. The summed E-state index contributed by atoms with van der Waals surface area (Å²) in [6, 6.07) is 3.93. The van der Waals surface area contributed by atoms with E-state index in [-0.39, 0.29) is 0 Å². The van der Waals surface area contributed by atoms with Gasteiger partial charge in [0.2, 0.25) is 5.95 Å². The Morgan fingerprint density at radius 2 is 2.14 bits per heavy atom. The van der Waals surface area contributed by atoms with Crippen LogP contribution >= 0.6 is 0 Å². The number of pyridine rings is 1. The molecule has 0 spiro atoms. The SMILES string of the molecule is CCOCCn1c(NCCN2CCCC2)nc2cccnc21. The molecule has 0 aromatic carbocycles. The molecule has 22 heavy (non-hydrogen) atoms. The quantitative estimate of drug-likeness (QED) is 0.756. The van der Waals surface area contributed by atoms with E-state index < -0.39 is 0 Å². The molecule has 2 aromatic rings. The van der Waals surface area contributed by atoms with Gasteiger partial charge in [-0.3, -0.25) is 4.57 Å². The smallest absolute Gasteiger partial charge is 0.205 e. The highest BCUT2D eigenvalue weighted by Gasteiger charge is 2.13. The minimum atomic E-state index is 0.680. The van der Waals surface area contributed by atoms with Gasteiger partial charge < -0.3 is 15.0 Å². The Kier molecular flexibility index (Phi) is 5.24. The van der Waals surface area contributed by atoms with Crippen molar-refractivity contribution in [3.8, 4) is 0 Å². The number of nitrogens with zero attached hydrogens (tertiary/aromatic N) is 4. The van der Waals surface area contributed by atoms with E-state index in [9.17, 15) is 0 Å². The van der Waals surface area contributed by atoms with Crippen molar-refractivity contribution in [2.45, 2.75) is 26.3 Å². The average molecular weight is 303 g/mol. The largest absolute Gasteiger partial charge is 0.380 e. The van der Waals surface area contributed by atoms with Crippen LogP contribution in [-0.2, 0) is 11.3 Å². The molecule has 0 aliphatic carbocycles. The molecule has 6 heteroatoms. The van der Waals surface area contributed by atoms with Crippen LogP contribution in [0.15, 0.2) is 18.3 Å². The maximum atomic E-state index is 5.48. The molecular formula is C16H25N5O. The minimum absolute atomic E-state index is 0.680. The fraction of sp³-hybridized carbons (Fsp3) is 0.625. The zero-order chi connectivity index (χ0) is 15.2. The lowest BCUT2D eigenvalue weighted by molar-refractivity contribution is 0.140. The number of aromatic nitrogens is 3. The first-order valence-electron chi connectivity index (χ1n) is 8.23. The molecule has 2 aromatic heterocycles. The van der Waals surface area contributed by atoms with E-state index in [1.807, 2.05) is 25.3 Å². The van der Waals surface area contributed by atoms with Gasteiger partial charge in [0.25, 0.3) is 0 Å². The highest BCUT2D eigenvalue weighted by molar-refractivity contribution is 5.74. The van der Waals surface area contributed by atoms with Gasteiger partial charge in [-0.15, -0.1) is 0 Å². The molecule has 0 radical (unpaired) electrons. The molecular weight excluding hydrogens is 278 g/mol. The van der Waals surface area contributed by atoms with Crippen molar-refractivity contribution in [3.05, 3.63) is 18.3 Å². The van der Waals surface area contributed by atoms with Gasteiger partial charge in [0, 0.05) is 25.9 Å². The van der Waals surface area contributed by atoms with Crippen LogP contribution in [-0.4, -0.2) is 58.8 Å². The number of imidazole rings is 1. The molecule has 0 amide bonds. The van der Waals surface area contributed by atoms with Gasteiger partial charge in [-0.05, 0) is 45.0 Å². The number of hydrogen-bond acceptors (Lipinski definition) is 5. The van der Waals surface area contributed by atoms with E-state index in [0.29, 0.717) is 6.61 Å². The van der Waals surface area contributed by atoms with E-state index >= 15 is 0 Å². The standard InChI is InChI=1S/C16H25N5O/c1-2-22-13-12-21-15-14(6-5-7-17-15)19-16(21)18-8-11-20-9-3-4-10-20/h5-7H,2-4,8-13H2,1H3,(H,18,19). The number of nitrogens with one attached hydrogen (secondary N) is 1. The molecule has 3 rings (SSSR count). The molecule has 0 saturated carbocycles. The van der Waals surface area contributed by atoms with Gasteiger partial charge in [0.05, 0.1) is 13.2 Å².